The Morgan fingerprint density at radius 1 is 1.23 bits per heavy atom. The molecule has 2 N–H and O–H groups in total. The van der Waals surface area contributed by atoms with Gasteiger partial charge in [-0.25, -0.2) is 9.18 Å². The summed E-state index contributed by atoms with van der Waals surface area (Å²) in [5.41, 5.74) is 2.03. The van der Waals surface area contributed by atoms with Gasteiger partial charge in [-0.1, -0.05) is 24.3 Å². The number of benzene rings is 2. The summed E-state index contributed by atoms with van der Waals surface area (Å²) in [5, 5.41) is 6.11. The smallest absolute Gasteiger partial charge is 0.315 e. The van der Waals surface area contributed by atoms with Gasteiger partial charge in [0.25, 0.3) is 0 Å². The monoisotopic (exact) mass is 429 g/mol. The van der Waals surface area contributed by atoms with E-state index in [2.05, 4.69) is 27.7 Å². The van der Waals surface area contributed by atoms with Gasteiger partial charge in [0.15, 0.2) is 0 Å². The number of halogens is 1. The number of carbonyl (C=O) groups excluding carboxylic acids is 1. The van der Waals surface area contributed by atoms with Crippen LogP contribution in [0.2, 0.25) is 0 Å². The first-order valence-electron chi connectivity index (χ1n) is 10.5. The zero-order valence-electron chi connectivity index (χ0n) is 17.2. The Morgan fingerprint density at radius 3 is 2.73 bits per heavy atom. The Balaban J connectivity index is 1.41. The third-order valence-corrected chi connectivity index (χ3v) is 7.03. The number of amides is 2. The number of ether oxygens (including phenoxy) is 1. The molecule has 2 atom stereocenters. The SMILES string of the molecule is COc1ccc([C@@H](CNC(=O)N[C@H]2CCSc3c(F)cccc32)N2CCCC2)cc1. The van der Waals surface area contributed by atoms with Crippen LogP contribution >= 0.6 is 11.8 Å². The molecule has 0 spiro atoms. The molecule has 7 heteroatoms. The Bertz CT molecular complexity index is 871. The normalized spacial score (nSPS) is 19.7. The Morgan fingerprint density at radius 2 is 2.00 bits per heavy atom. The Kier molecular flexibility index (Phi) is 6.79. The number of carbonyl (C=O) groups is 1. The van der Waals surface area contributed by atoms with Gasteiger partial charge in [-0.15, -0.1) is 11.8 Å². The zero-order valence-corrected chi connectivity index (χ0v) is 18.0. The zero-order chi connectivity index (χ0) is 20.9. The van der Waals surface area contributed by atoms with Crippen LogP contribution in [-0.2, 0) is 0 Å². The van der Waals surface area contributed by atoms with Crippen LogP contribution in [-0.4, -0.2) is 43.4 Å². The van der Waals surface area contributed by atoms with Gasteiger partial charge in [0, 0.05) is 17.2 Å². The van der Waals surface area contributed by atoms with Crippen LogP contribution in [0.15, 0.2) is 47.4 Å². The van der Waals surface area contributed by atoms with Crippen molar-refractivity contribution in [3.05, 3.63) is 59.4 Å². The van der Waals surface area contributed by atoms with E-state index in [1.165, 1.54) is 36.2 Å². The van der Waals surface area contributed by atoms with Crippen LogP contribution in [0.1, 0.15) is 42.5 Å². The second kappa shape index (κ2) is 9.71. The minimum Gasteiger partial charge on any atom is -0.497 e. The molecule has 2 heterocycles. The number of hydrogen-bond acceptors (Lipinski definition) is 4. The molecule has 30 heavy (non-hydrogen) atoms. The molecule has 1 fully saturated rings. The van der Waals surface area contributed by atoms with E-state index in [0.29, 0.717) is 11.4 Å². The van der Waals surface area contributed by atoms with E-state index in [4.69, 9.17) is 4.74 Å². The van der Waals surface area contributed by atoms with E-state index < -0.39 is 0 Å². The average molecular weight is 430 g/mol. The lowest BCUT2D eigenvalue weighted by molar-refractivity contribution is 0.218. The van der Waals surface area contributed by atoms with Gasteiger partial charge in [-0.3, -0.25) is 4.90 Å². The molecule has 1 saturated heterocycles. The molecule has 5 nitrogen and oxygen atoms in total. The number of thioether (sulfide) groups is 1. The lowest BCUT2D eigenvalue weighted by Gasteiger charge is -2.30. The minimum absolute atomic E-state index is 0.121. The van der Waals surface area contributed by atoms with Crippen molar-refractivity contribution in [1.29, 1.82) is 0 Å². The van der Waals surface area contributed by atoms with Gasteiger partial charge in [0.2, 0.25) is 0 Å². The van der Waals surface area contributed by atoms with Crippen molar-refractivity contribution in [3.63, 3.8) is 0 Å². The first-order chi connectivity index (χ1) is 14.7. The molecule has 0 aromatic heterocycles. The summed E-state index contributed by atoms with van der Waals surface area (Å²) in [4.78, 5) is 15.8. The van der Waals surface area contributed by atoms with Gasteiger partial charge in [0.1, 0.15) is 11.6 Å². The number of hydrogen-bond donors (Lipinski definition) is 2. The van der Waals surface area contributed by atoms with Crippen LogP contribution in [0.25, 0.3) is 0 Å². The third-order valence-electron chi connectivity index (χ3n) is 5.87. The number of methoxy groups -OCH3 is 1. The van der Waals surface area contributed by atoms with Crippen LogP contribution < -0.4 is 15.4 Å². The molecule has 0 bridgehead atoms. The summed E-state index contributed by atoms with van der Waals surface area (Å²) in [6.45, 7) is 2.59. The molecule has 2 aliphatic heterocycles. The molecule has 0 saturated carbocycles. The number of likely N-dealkylation sites (tertiary alicyclic amines) is 1. The average Bonchev–Trinajstić information content (AvgIpc) is 3.30. The summed E-state index contributed by atoms with van der Waals surface area (Å²) >= 11 is 1.52. The highest BCUT2D eigenvalue weighted by molar-refractivity contribution is 7.99. The molecule has 0 unspecified atom stereocenters. The first kappa shape index (κ1) is 21.0. The molecule has 2 amide bonds. The fourth-order valence-electron chi connectivity index (χ4n) is 4.27. The van der Waals surface area contributed by atoms with Crippen LogP contribution in [0, 0.1) is 5.82 Å². The molecule has 0 aliphatic carbocycles. The van der Waals surface area contributed by atoms with E-state index in [1.807, 2.05) is 18.2 Å². The molecule has 2 aliphatic rings. The summed E-state index contributed by atoms with van der Waals surface area (Å²) in [6.07, 6.45) is 3.16. The first-order valence-corrected chi connectivity index (χ1v) is 11.5. The molecular weight excluding hydrogens is 401 g/mol. The van der Waals surface area contributed by atoms with E-state index in [9.17, 15) is 9.18 Å². The maximum absolute atomic E-state index is 14.1. The van der Waals surface area contributed by atoms with Crippen molar-refractivity contribution in [2.24, 2.45) is 0 Å². The van der Waals surface area contributed by atoms with Gasteiger partial charge in [-0.2, -0.15) is 0 Å². The predicted molar refractivity (Wildman–Crippen MR) is 118 cm³/mol. The summed E-state index contributed by atoms with van der Waals surface area (Å²) in [5.74, 6) is 1.41. The van der Waals surface area contributed by atoms with Crippen molar-refractivity contribution in [1.82, 2.24) is 15.5 Å². The topological polar surface area (TPSA) is 53.6 Å². The highest BCUT2D eigenvalue weighted by atomic mass is 32.2. The fourth-order valence-corrected chi connectivity index (χ4v) is 5.41. The predicted octanol–water partition coefficient (Wildman–Crippen LogP) is 4.51. The van der Waals surface area contributed by atoms with Crippen molar-refractivity contribution in [2.45, 2.75) is 36.2 Å². The summed E-state index contributed by atoms with van der Waals surface area (Å²) in [6, 6.07) is 12.9. The molecular formula is C23H28FN3O2S. The Labute approximate surface area is 181 Å². The van der Waals surface area contributed by atoms with Crippen molar-refractivity contribution in [3.8, 4) is 5.75 Å². The van der Waals surface area contributed by atoms with Gasteiger partial charge < -0.3 is 15.4 Å². The molecule has 4 rings (SSSR count). The number of rotatable bonds is 6. The third kappa shape index (κ3) is 4.73. The van der Waals surface area contributed by atoms with Gasteiger partial charge in [-0.05, 0) is 61.7 Å². The lowest BCUT2D eigenvalue weighted by Crippen LogP contribution is -2.43. The Hall–Kier alpha value is -2.25. The standard InChI is InChI=1S/C23H28FN3O2S/c1-29-17-9-7-16(8-10-17)21(27-12-2-3-13-27)15-25-23(28)26-20-11-14-30-22-18(20)5-4-6-19(22)24/h4-10,20-21H,2-3,11-15H2,1H3,(H2,25,26,28)/t20-,21+/m0/s1. The molecule has 0 radical (unpaired) electrons. The number of nitrogens with zero attached hydrogens (tertiary/aromatic N) is 1. The maximum atomic E-state index is 14.1. The van der Waals surface area contributed by atoms with Crippen molar-refractivity contribution in [2.75, 3.05) is 32.5 Å². The summed E-state index contributed by atoms with van der Waals surface area (Å²) < 4.78 is 19.4. The summed E-state index contributed by atoms with van der Waals surface area (Å²) in [7, 11) is 1.66. The fraction of sp³-hybridized carbons (Fsp3) is 0.435. The van der Waals surface area contributed by atoms with E-state index in [-0.39, 0.29) is 23.9 Å². The number of fused-ring (bicyclic) bond motifs is 1. The maximum Gasteiger partial charge on any atom is 0.315 e. The quantitative estimate of drug-likeness (QED) is 0.710. The van der Waals surface area contributed by atoms with E-state index in [1.54, 1.807) is 13.2 Å². The lowest BCUT2D eigenvalue weighted by atomic mass is 10.0. The van der Waals surface area contributed by atoms with E-state index in [0.717, 1.165) is 36.6 Å². The van der Waals surface area contributed by atoms with Gasteiger partial charge >= 0.3 is 6.03 Å². The number of nitrogens with one attached hydrogen (secondary N) is 2. The molecule has 2 aromatic rings. The largest absolute Gasteiger partial charge is 0.497 e. The van der Waals surface area contributed by atoms with E-state index >= 15 is 0 Å². The van der Waals surface area contributed by atoms with Gasteiger partial charge in [0.05, 0.1) is 19.2 Å². The minimum atomic E-state index is -0.210. The number of urea groups is 1. The highest BCUT2D eigenvalue weighted by Gasteiger charge is 2.26. The second-order valence-corrected chi connectivity index (χ2v) is 8.84. The highest BCUT2D eigenvalue weighted by Crippen LogP contribution is 2.37. The van der Waals surface area contributed by atoms with Crippen LogP contribution in [0.3, 0.4) is 0 Å². The van der Waals surface area contributed by atoms with Crippen molar-refractivity contribution < 1.29 is 13.9 Å². The van der Waals surface area contributed by atoms with Crippen LogP contribution in [0.4, 0.5) is 9.18 Å². The molecule has 160 valence electrons. The molecule has 2 aromatic carbocycles. The second-order valence-electron chi connectivity index (χ2n) is 7.73. The van der Waals surface area contributed by atoms with Crippen LogP contribution in [0.5, 0.6) is 5.75 Å². The van der Waals surface area contributed by atoms with Crippen molar-refractivity contribution >= 4 is 17.8 Å².